The first-order chi connectivity index (χ1) is 8.32. The van der Waals surface area contributed by atoms with Crippen molar-refractivity contribution >= 4 is 28.5 Å². The Balaban J connectivity index is 0.00000180. The number of fused-ring (bicyclic) bond motifs is 1. The number of nitrogens with zero attached hydrogens (tertiary/aromatic N) is 1. The van der Waals surface area contributed by atoms with E-state index >= 15 is 0 Å². The second kappa shape index (κ2) is 5.36. The van der Waals surface area contributed by atoms with Crippen LogP contribution in [0.4, 0.5) is 19.0 Å². The molecule has 0 spiro atoms. The van der Waals surface area contributed by atoms with E-state index in [2.05, 4.69) is 9.97 Å². The highest BCUT2D eigenvalue weighted by Crippen LogP contribution is 2.36. The number of nitrogens with one attached hydrogen (secondary N) is 1. The monoisotopic (exact) mass is 313 g/mol. The molecular formula is C10H8Cl2F3N3O. The van der Waals surface area contributed by atoms with Crippen molar-refractivity contribution in [3.63, 3.8) is 0 Å². The van der Waals surface area contributed by atoms with Crippen molar-refractivity contribution in [3.05, 3.63) is 33.1 Å². The highest BCUT2D eigenvalue weighted by molar-refractivity contribution is 6.32. The van der Waals surface area contributed by atoms with Crippen LogP contribution >= 0.6 is 11.6 Å². The lowest BCUT2D eigenvalue weighted by Crippen LogP contribution is -3.00. The van der Waals surface area contributed by atoms with Crippen LogP contribution in [0.2, 0.25) is 5.02 Å². The molecule has 0 radical (unpaired) electrons. The van der Waals surface area contributed by atoms with Gasteiger partial charge < -0.3 is 17.4 Å². The van der Waals surface area contributed by atoms with Gasteiger partial charge in [-0.3, -0.25) is 10.1 Å². The Labute approximate surface area is 116 Å². The first-order valence-electron chi connectivity index (χ1n) is 4.93. The molecule has 4 nitrogen and oxygen atoms in total. The normalized spacial score (nSPS) is 11.4. The van der Waals surface area contributed by atoms with Crippen LogP contribution in [-0.2, 0) is 6.18 Å². The molecule has 1 heterocycles. The van der Waals surface area contributed by atoms with Crippen LogP contribution in [0, 0.1) is 0 Å². The van der Waals surface area contributed by atoms with Crippen LogP contribution in [0.5, 0.6) is 0 Å². The number of halogens is 5. The minimum absolute atomic E-state index is 0. The van der Waals surface area contributed by atoms with Crippen LogP contribution < -0.4 is 23.3 Å². The van der Waals surface area contributed by atoms with Gasteiger partial charge in [0.2, 0.25) is 0 Å². The van der Waals surface area contributed by atoms with Crippen molar-refractivity contribution in [1.82, 2.24) is 9.97 Å². The van der Waals surface area contributed by atoms with Crippen molar-refractivity contribution in [3.8, 4) is 0 Å². The summed E-state index contributed by atoms with van der Waals surface area (Å²) < 4.78 is 37.9. The molecule has 1 aromatic heterocycles. The average molecular weight is 314 g/mol. The summed E-state index contributed by atoms with van der Waals surface area (Å²) in [4.78, 5) is 17.7. The molecule has 0 unspecified atom stereocenters. The number of quaternary nitrogens is 1. The Bertz CT molecular complexity index is 669. The van der Waals surface area contributed by atoms with Gasteiger partial charge in [-0.05, 0) is 12.1 Å². The van der Waals surface area contributed by atoms with E-state index in [1.165, 1.54) is 5.32 Å². The van der Waals surface area contributed by atoms with E-state index in [4.69, 9.17) is 11.6 Å². The maximum Gasteiger partial charge on any atom is 0.417 e. The first-order valence-corrected chi connectivity index (χ1v) is 5.31. The third-order valence-corrected chi connectivity index (χ3v) is 2.70. The molecule has 0 amide bonds. The van der Waals surface area contributed by atoms with Crippen molar-refractivity contribution in [1.29, 1.82) is 0 Å². The Hall–Kier alpha value is -1.31. The lowest BCUT2D eigenvalue weighted by molar-refractivity contribution is -0.544. The van der Waals surface area contributed by atoms with E-state index in [0.29, 0.717) is 0 Å². The zero-order chi connectivity index (χ0) is 13.5. The lowest BCUT2D eigenvalue weighted by Gasteiger charge is -2.09. The van der Waals surface area contributed by atoms with E-state index in [-0.39, 0.29) is 29.3 Å². The Kier molecular flexibility index (Phi) is 4.44. The number of alkyl halides is 3. The van der Waals surface area contributed by atoms with Crippen LogP contribution in [-0.4, -0.2) is 17.0 Å². The molecule has 0 bridgehead atoms. The molecule has 0 fully saturated rings. The molecule has 3 N–H and O–H groups in total. The zero-order valence-corrected chi connectivity index (χ0v) is 11.0. The minimum atomic E-state index is -4.56. The number of rotatable bonds is 1. The molecule has 9 heteroatoms. The maximum atomic E-state index is 12.6. The molecule has 0 aliphatic carbocycles. The summed E-state index contributed by atoms with van der Waals surface area (Å²) in [6.07, 6.45) is -4.56. The van der Waals surface area contributed by atoms with Crippen LogP contribution in [0.3, 0.4) is 0 Å². The molecule has 2 aromatic rings. The SMILES string of the molecule is C[NH2+]c1nc2cc(C(F)(F)F)c(Cl)cc2[nH]c1=O.[Cl-]. The molecule has 0 atom stereocenters. The number of benzene rings is 1. The van der Waals surface area contributed by atoms with Gasteiger partial charge in [0.1, 0.15) is 0 Å². The standard InChI is InChI=1S/C10H7ClF3N3O.ClH/c1-15-8-9(18)17-7-3-5(11)4(10(12,13)14)2-6(7)16-8;/h2-3H,1H3,(H,15,16)(H,17,18);1H. The van der Waals surface area contributed by atoms with Gasteiger partial charge in [0.25, 0.3) is 5.82 Å². The fourth-order valence-corrected chi connectivity index (χ4v) is 1.81. The number of hydrogen-bond donors (Lipinski definition) is 2. The van der Waals surface area contributed by atoms with E-state index in [9.17, 15) is 18.0 Å². The summed E-state index contributed by atoms with van der Waals surface area (Å²) in [5.41, 5.74) is -1.23. The largest absolute Gasteiger partial charge is 1.00 e. The van der Waals surface area contributed by atoms with E-state index < -0.39 is 22.3 Å². The summed E-state index contributed by atoms with van der Waals surface area (Å²) in [5.74, 6) is 0.0675. The Morgan fingerprint density at radius 1 is 1.37 bits per heavy atom. The predicted molar refractivity (Wildman–Crippen MR) is 59.9 cm³/mol. The Morgan fingerprint density at radius 2 is 2.00 bits per heavy atom. The number of hydrogen-bond acceptors (Lipinski definition) is 2. The average Bonchev–Trinajstić information content (AvgIpc) is 2.26. The highest BCUT2D eigenvalue weighted by atomic mass is 35.5. The third-order valence-electron chi connectivity index (χ3n) is 2.39. The molecule has 19 heavy (non-hydrogen) atoms. The number of aromatic nitrogens is 2. The third kappa shape index (κ3) is 2.99. The summed E-state index contributed by atoms with van der Waals surface area (Å²) in [6, 6.07) is 1.87. The Morgan fingerprint density at radius 3 is 2.53 bits per heavy atom. The minimum Gasteiger partial charge on any atom is -1.00 e. The van der Waals surface area contributed by atoms with E-state index in [1.807, 2.05) is 0 Å². The smallest absolute Gasteiger partial charge is 0.417 e. The van der Waals surface area contributed by atoms with Crippen molar-refractivity contribution in [2.24, 2.45) is 0 Å². The molecular weight excluding hydrogens is 306 g/mol. The molecule has 0 saturated heterocycles. The van der Waals surface area contributed by atoms with Gasteiger partial charge in [0.05, 0.1) is 28.7 Å². The summed E-state index contributed by atoms with van der Waals surface area (Å²) in [5, 5.41) is 0.945. The number of nitrogens with two attached hydrogens (primary N) is 1. The molecule has 2 rings (SSSR count). The maximum absolute atomic E-state index is 12.6. The van der Waals surface area contributed by atoms with Crippen molar-refractivity contribution < 1.29 is 30.9 Å². The van der Waals surface area contributed by atoms with Crippen LogP contribution in [0.15, 0.2) is 16.9 Å². The van der Waals surface area contributed by atoms with E-state index in [0.717, 1.165) is 12.1 Å². The molecule has 0 aliphatic rings. The molecule has 0 saturated carbocycles. The van der Waals surface area contributed by atoms with Crippen molar-refractivity contribution in [2.45, 2.75) is 6.18 Å². The second-order valence-corrected chi connectivity index (χ2v) is 3.99. The molecule has 0 aliphatic heterocycles. The predicted octanol–water partition coefficient (Wildman–Crippen LogP) is -1.58. The lowest BCUT2D eigenvalue weighted by atomic mass is 10.2. The van der Waals surface area contributed by atoms with Crippen molar-refractivity contribution in [2.75, 3.05) is 7.05 Å². The van der Waals surface area contributed by atoms with Gasteiger partial charge in [-0.25, -0.2) is 0 Å². The quantitative estimate of drug-likeness (QED) is 0.668. The summed E-state index contributed by atoms with van der Waals surface area (Å²) in [6.45, 7) is 0. The van der Waals surface area contributed by atoms with Crippen LogP contribution in [0.25, 0.3) is 11.0 Å². The number of aromatic amines is 1. The van der Waals surface area contributed by atoms with Gasteiger partial charge >= 0.3 is 11.7 Å². The van der Waals surface area contributed by atoms with E-state index in [1.54, 1.807) is 7.05 Å². The second-order valence-electron chi connectivity index (χ2n) is 3.59. The van der Waals surface area contributed by atoms with Gasteiger partial charge in [-0.1, -0.05) is 11.6 Å². The summed E-state index contributed by atoms with van der Waals surface area (Å²) in [7, 11) is 1.57. The van der Waals surface area contributed by atoms with Gasteiger partial charge in [0, 0.05) is 0 Å². The number of H-pyrrole nitrogens is 1. The summed E-state index contributed by atoms with van der Waals surface area (Å²) >= 11 is 5.54. The van der Waals surface area contributed by atoms with Gasteiger partial charge in [-0.15, -0.1) is 0 Å². The first kappa shape index (κ1) is 15.7. The molecule has 1 aromatic carbocycles. The highest BCUT2D eigenvalue weighted by Gasteiger charge is 2.33. The molecule has 104 valence electrons. The van der Waals surface area contributed by atoms with Gasteiger partial charge in [0.15, 0.2) is 0 Å². The zero-order valence-electron chi connectivity index (χ0n) is 9.48. The fraction of sp³-hybridized carbons (Fsp3) is 0.200. The topological polar surface area (TPSA) is 62.4 Å². The van der Waals surface area contributed by atoms with Crippen LogP contribution in [0.1, 0.15) is 5.56 Å². The van der Waals surface area contributed by atoms with Gasteiger partial charge in [-0.2, -0.15) is 18.2 Å². The fourth-order valence-electron chi connectivity index (χ4n) is 1.53.